The highest BCUT2D eigenvalue weighted by Gasteiger charge is 2.22. The molecule has 1 atom stereocenters. The molecule has 0 spiro atoms. The number of aryl methyl sites for hydroxylation is 1. The summed E-state index contributed by atoms with van der Waals surface area (Å²) in [5, 5.41) is 12.7. The lowest BCUT2D eigenvalue weighted by Crippen LogP contribution is -2.23. The van der Waals surface area contributed by atoms with Crippen LogP contribution in [-0.4, -0.2) is 33.0 Å². The summed E-state index contributed by atoms with van der Waals surface area (Å²) in [5.41, 5.74) is 3.54. The van der Waals surface area contributed by atoms with E-state index in [-0.39, 0.29) is 5.91 Å². The summed E-state index contributed by atoms with van der Waals surface area (Å²) in [5.74, 6) is 1.30. The van der Waals surface area contributed by atoms with Gasteiger partial charge in [0.05, 0.1) is 12.4 Å². The highest BCUT2D eigenvalue weighted by atomic mass is 35.5. The van der Waals surface area contributed by atoms with E-state index in [2.05, 4.69) is 15.5 Å². The molecule has 0 bridgehead atoms. The Hall–Kier alpha value is -3.29. The van der Waals surface area contributed by atoms with E-state index in [4.69, 9.17) is 16.3 Å². The van der Waals surface area contributed by atoms with Crippen molar-refractivity contribution in [2.75, 3.05) is 12.4 Å². The number of benzene rings is 3. The molecule has 0 saturated carbocycles. The monoisotopic (exact) mass is 478 g/mol. The van der Waals surface area contributed by atoms with E-state index in [1.165, 1.54) is 11.8 Å². The van der Waals surface area contributed by atoms with Crippen LogP contribution in [-0.2, 0) is 4.79 Å². The van der Waals surface area contributed by atoms with Crippen molar-refractivity contribution in [1.82, 2.24) is 14.8 Å². The number of methoxy groups -OCH3 is 1. The molecular weight excluding hydrogens is 456 g/mol. The number of aromatic nitrogens is 3. The van der Waals surface area contributed by atoms with Crippen LogP contribution in [0.4, 0.5) is 5.69 Å². The molecule has 1 N–H and O–H groups in total. The van der Waals surface area contributed by atoms with Crippen molar-refractivity contribution in [2.24, 2.45) is 0 Å². The lowest BCUT2D eigenvalue weighted by atomic mass is 10.2. The zero-order valence-corrected chi connectivity index (χ0v) is 20.0. The van der Waals surface area contributed by atoms with E-state index < -0.39 is 5.25 Å². The molecule has 1 amide bonds. The lowest BCUT2D eigenvalue weighted by molar-refractivity contribution is -0.115. The fourth-order valence-corrected chi connectivity index (χ4v) is 4.25. The van der Waals surface area contributed by atoms with Crippen molar-refractivity contribution in [3.8, 4) is 22.8 Å². The second-order valence-corrected chi connectivity index (χ2v) is 9.16. The molecule has 33 heavy (non-hydrogen) atoms. The third-order valence-corrected chi connectivity index (χ3v) is 6.42. The first-order valence-corrected chi connectivity index (χ1v) is 11.6. The predicted molar refractivity (Wildman–Crippen MR) is 133 cm³/mol. The molecular formula is C25H23ClN4O2S. The second kappa shape index (κ2) is 10.1. The molecule has 4 aromatic rings. The number of para-hydroxylation sites is 1. The van der Waals surface area contributed by atoms with Gasteiger partial charge in [-0.25, -0.2) is 0 Å². The smallest absolute Gasteiger partial charge is 0.237 e. The number of ether oxygens (including phenoxy) is 1. The van der Waals surface area contributed by atoms with E-state index in [9.17, 15) is 4.79 Å². The Morgan fingerprint density at radius 1 is 1.03 bits per heavy atom. The Labute approximate surface area is 202 Å². The van der Waals surface area contributed by atoms with Crippen LogP contribution in [0.2, 0.25) is 5.02 Å². The zero-order valence-electron chi connectivity index (χ0n) is 18.4. The summed E-state index contributed by atoms with van der Waals surface area (Å²) in [6.07, 6.45) is 0. The van der Waals surface area contributed by atoms with Gasteiger partial charge in [-0.2, -0.15) is 0 Å². The van der Waals surface area contributed by atoms with Gasteiger partial charge in [0.25, 0.3) is 0 Å². The van der Waals surface area contributed by atoms with Gasteiger partial charge < -0.3 is 10.1 Å². The summed E-state index contributed by atoms with van der Waals surface area (Å²) in [6, 6.07) is 22.8. The number of anilines is 1. The molecule has 0 radical (unpaired) electrons. The van der Waals surface area contributed by atoms with Crippen LogP contribution >= 0.6 is 23.4 Å². The van der Waals surface area contributed by atoms with Crippen LogP contribution < -0.4 is 10.1 Å². The molecule has 3 aromatic carbocycles. The maximum absolute atomic E-state index is 12.9. The topological polar surface area (TPSA) is 69.0 Å². The molecule has 0 saturated heterocycles. The van der Waals surface area contributed by atoms with Crippen molar-refractivity contribution in [2.45, 2.75) is 24.3 Å². The summed E-state index contributed by atoms with van der Waals surface area (Å²) < 4.78 is 7.23. The minimum Gasteiger partial charge on any atom is -0.497 e. The van der Waals surface area contributed by atoms with E-state index in [1.54, 1.807) is 7.11 Å². The molecule has 1 unspecified atom stereocenters. The number of amides is 1. The Morgan fingerprint density at radius 3 is 2.39 bits per heavy atom. The molecule has 168 valence electrons. The molecule has 0 aliphatic heterocycles. The van der Waals surface area contributed by atoms with Gasteiger partial charge in [0, 0.05) is 22.0 Å². The molecule has 0 fully saturated rings. The third-order valence-electron chi connectivity index (χ3n) is 5.12. The average Bonchev–Trinajstić information content (AvgIpc) is 3.24. The summed E-state index contributed by atoms with van der Waals surface area (Å²) >= 11 is 7.42. The van der Waals surface area contributed by atoms with Crippen LogP contribution in [0.1, 0.15) is 12.5 Å². The fraction of sp³-hybridized carbons (Fsp3) is 0.160. The van der Waals surface area contributed by atoms with E-state index in [0.717, 1.165) is 28.3 Å². The second-order valence-electron chi connectivity index (χ2n) is 7.41. The number of rotatable bonds is 7. The summed E-state index contributed by atoms with van der Waals surface area (Å²) in [4.78, 5) is 12.9. The van der Waals surface area contributed by atoms with Crippen molar-refractivity contribution < 1.29 is 9.53 Å². The van der Waals surface area contributed by atoms with Crippen LogP contribution in [0.5, 0.6) is 5.75 Å². The van der Waals surface area contributed by atoms with Gasteiger partial charge in [-0.1, -0.05) is 41.6 Å². The highest BCUT2D eigenvalue weighted by Crippen LogP contribution is 2.32. The minimum absolute atomic E-state index is 0.105. The lowest BCUT2D eigenvalue weighted by Gasteiger charge is -2.15. The largest absolute Gasteiger partial charge is 0.497 e. The molecule has 4 rings (SSSR count). The Kier molecular flexibility index (Phi) is 7.01. The standard InChI is InChI=1S/C25H23ClN4O2S/c1-16-6-4-5-7-22(16)27-24(31)17(2)33-25-29-28-23(18-8-10-19(26)11-9-18)30(25)20-12-14-21(32-3)15-13-20/h4-15,17H,1-3H3,(H,27,31). The number of hydrogen-bond acceptors (Lipinski definition) is 5. The Bertz CT molecular complexity index is 1260. The zero-order chi connectivity index (χ0) is 23.4. The molecule has 0 aliphatic carbocycles. The highest BCUT2D eigenvalue weighted by molar-refractivity contribution is 8.00. The van der Waals surface area contributed by atoms with E-state index in [1.807, 2.05) is 91.2 Å². The number of carbonyl (C=O) groups excluding carboxylic acids is 1. The van der Waals surface area contributed by atoms with E-state index in [0.29, 0.717) is 16.0 Å². The predicted octanol–water partition coefficient (Wildman–Crippen LogP) is 6.02. The number of hydrogen-bond donors (Lipinski definition) is 1. The van der Waals surface area contributed by atoms with Crippen LogP contribution in [0.15, 0.2) is 78.0 Å². The molecule has 1 heterocycles. The normalized spacial score (nSPS) is 11.8. The first-order chi connectivity index (χ1) is 16.0. The van der Waals surface area contributed by atoms with Crippen molar-refractivity contribution in [3.05, 3.63) is 83.4 Å². The van der Waals surface area contributed by atoms with Crippen molar-refractivity contribution in [3.63, 3.8) is 0 Å². The van der Waals surface area contributed by atoms with Gasteiger partial charge in [-0.05, 0) is 74.0 Å². The SMILES string of the molecule is COc1ccc(-n2c(SC(C)C(=O)Nc3ccccc3C)nnc2-c2ccc(Cl)cc2)cc1. The molecule has 1 aromatic heterocycles. The van der Waals surface area contributed by atoms with Gasteiger partial charge >= 0.3 is 0 Å². The van der Waals surface area contributed by atoms with Crippen molar-refractivity contribution >= 4 is 35.0 Å². The third kappa shape index (κ3) is 5.21. The number of halogens is 1. The van der Waals surface area contributed by atoms with Gasteiger partial charge in [0.1, 0.15) is 5.75 Å². The fourth-order valence-electron chi connectivity index (χ4n) is 3.26. The molecule has 6 nitrogen and oxygen atoms in total. The van der Waals surface area contributed by atoms with Crippen LogP contribution in [0.25, 0.3) is 17.1 Å². The average molecular weight is 479 g/mol. The van der Waals surface area contributed by atoms with Crippen LogP contribution in [0.3, 0.4) is 0 Å². The van der Waals surface area contributed by atoms with Gasteiger partial charge in [-0.15, -0.1) is 10.2 Å². The number of nitrogens with one attached hydrogen (secondary N) is 1. The van der Waals surface area contributed by atoms with Crippen LogP contribution in [0, 0.1) is 6.92 Å². The first kappa shape index (κ1) is 22.9. The summed E-state index contributed by atoms with van der Waals surface area (Å²) in [7, 11) is 1.63. The Morgan fingerprint density at radius 2 is 1.73 bits per heavy atom. The maximum atomic E-state index is 12.9. The van der Waals surface area contributed by atoms with Gasteiger partial charge in [0.2, 0.25) is 5.91 Å². The number of nitrogens with zero attached hydrogens (tertiary/aromatic N) is 3. The molecule has 8 heteroatoms. The van der Waals surface area contributed by atoms with E-state index >= 15 is 0 Å². The first-order valence-electron chi connectivity index (χ1n) is 10.3. The Balaban J connectivity index is 1.66. The quantitative estimate of drug-likeness (QED) is 0.329. The number of carbonyl (C=O) groups is 1. The minimum atomic E-state index is -0.399. The molecule has 0 aliphatic rings. The summed E-state index contributed by atoms with van der Waals surface area (Å²) in [6.45, 7) is 3.82. The maximum Gasteiger partial charge on any atom is 0.237 e. The van der Waals surface area contributed by atoms with Crippen molar-refractivity contribution in [1.29, 1.82) is 0 Å². The van der Waals surface area contributed by atoms with Gasteiger partial charge in [0.15, 0.2) is 11.0 Å². The van der Waals surface area contributed by atoms with Gasteiger partial charge in [-0.3, -0.25) is 9.36 Å². The number of thioether (sulfide) groups is 1.